The van der Waals surface area contributed by atoms with E-state index in [1.165, 1.54) is 0 Å². The van der Waals surface area contributed by atoms with Crippen molar-refractivity contribution in [1.29, 1.82) is 0 Å². The highest BCUT2D eigenvalue weighted by Gasteiger charge is 2.12. The first kappa shape index (κ1) is 19.6. The summed E-state index contributed by atoms with van der Waals surface area (Å²) in [7, 11) is 0. The lowest BCUT2D eigenvalue weighted by Gasteiger charge is -2.06. The second-order valence-corrected chi connectivity index (χ2v) is 5.28. The fraction of sp³-hybridized carbons (Fsp3) is 0.333. The van der Waals surface area contributed by atoms with E-state index in [1.807, 2.05) is 5.43 Å². The van der Waals surface area contributed by atoms with Crippen molar-refractivity contribution >= 4 is 35.0 Å². The fourth-order valence-electron chi connectivity index (χ4n) is 1.58. The highest BCUT2D eigenvalue weighted by atomic mass is 35.5. The van der Waals surface area contributed by atoms with Crippen molar-refractivity contribution in [1.82, 2.24) is 16.1 Å². The maximum absolute atomic E-state index is 11.8. The lowest BCUT2D eigenvalue weighted by atomic mass is 10.2. The molecule has 0 unspecified atom stereocenters. The Hall–Kier alpha value is -2.45. The Kier molecular flexibility index (Phi) is 8.45. The van der Waals surface area contributed by atoms with E-state index in [1.54, 1.807) is 31.2 Å². The molecule has 8 nitrogen and oxygen atoms in total. The van der Waals surface area contributed by atoms with E-state index < -0.39 is 11.8 Å². The van der Waals surface area contributed by atoms with Crippen LogP contribution in [0.4, 0.5) is 0 Å². The van der Waals surface area contributed by atoms with Crippen molar-refractivity contribution in [2.45, 2.75) is 19.9 Å². The van der Waals surface area contributed by atoms with Crippen LogP contribution < -0.4 is 16.1 Å². The van der Waals surface area contributed by atoms with Crippen LogP contribution in [0.15, 0.2) is 29.4 Å². The lowest BCUT2D eigenvalue weighted by molar-refractivity contribution is -0.139. The maximum atomic E-state index is 11.8. The smallest absolute Gasteiger partial charge is 0.329 e. The fourth-order valence-corrected chi connectivity index (χ4v) is 1.71. The van der Waals surface area contributed by atoms with Crippen LogP contribution in [-0.2, 0) is 20.9 Å². The van der Waals surface area contributed by atoms with E-state index in [0.29, 0.717) is 17.3 Å². The average Bonchev–Trinajstić information content (AvgIpc) is 2.57. The second kappa shape index (κ2) is 10.3. The van der Waals surface area contributed by atoms with Gasteiger partial charge in [0, 0.05) is 23.8 Å². The largest absolute Gasteiger partial charge is 0.395 e. The number of halogens is 1. The molecule has 0 spiro atoms. The van der Waals surface area contributed by atoms with Crippen LogP contribution in [0.25, 0.3) is 0 Å². The molecule has 0 heterocycles. The number of carbonyl (C=O) groups is 3. The Morgan fingerprint density at radius 1 is 1.12 bits per heavy atom. The summed E-state index contributed by atoms with van der Waals surface area (Å²) in [6, 6.07) is 7.06. The summed E-state index contributed by atoms with van der Waals surface area (Å²) in [5.41, 5.74) is 3.28. The van der Waals surface area contributed by atoms with E-state index >= 15 is 0 Å². The van der Waals surface area contributed by atoms with E-state index in [2.05, 4.69) is 15.7 Å². The summed E-state index contributed by atoms with van der Waals surface area (Å²) in [5, 5.41) is 17.7. The highest BCUT2D eigenvalue weighted by molar-refractivity contribution is 6.35. The van der Waals surface area contributed by atoms with Gasteiger partial charge in [-0.25, -0.2) is 5.43 Å². The quantitative estimate of drug-likeness (QED) is 0.311. The monoisotopic (exact) mass is 354 g/mol. The molecule has 1 rings (SSSR count). The highest BCUT2D eigenvalue weighted by Crippen LogP contribution is 2.09. The van der Waals surface area contributed by atoms with Gasteiger partial charge in [0.25, 0.3) is 0 Å². The predicted molar refractivity (Wildman–Crippen MR) is 89.3 cm³/mol. The van der Waals surface area contributed by atoms with Crippen molar-refractivity contribution in [3.8, 4) is 0 Å². The summed E-state index contributed by atoms with van der Waals surface area (Å²) in [6.07, 6.45) is -0.0217. The first-order valence-electron chi connectivity index (χ1n) is 7.15. The number of carbonyl (C=O) groups excluding carboxylic acids is 3. The van der Waals surface area contributed by atoms with Gasteiger partial charge in [0.05, 0.1) is 13.0 Å². The predicted octanol–water partition coefficient (Wildman–Crippen LogP) is -0.0531. The minimum atomic E-state index is -0.968. The van der Waals surface area contributed by atoms with Gasteiger partial charge in [-0.05, 0) is 24.6 Å². The molecule has 0 aliphatic carbocycles. The lowest BCUT2D eigenvalue weighted by Crippen LogP contribution is -2.39. The molecule has 0 fully saturated rings. The Morgan fingerprint density at radius 3 is 2.42 bits per heavy atom. The molecule has 130 valence electrons. The first-order chi connectivity index (χ1) is 11.4. The normalized spacial score (nSPS) is 10.9. The van der Waals surface area contributed by atoms with Gasteiger partial charge in [-0.1, -0.05) is 23.7 Å². The number of amides is 3. The summed E-state index contributed by atoms with van der Waals surface area (Å²) in [6.45, 7) is 1.60. The van der Waals surface area contributed by atoms with Crippen LogP contribution in [0, 0.1) is 0 Å². The number of nitrogens with zero attached hydrogens (tertiary/aromatic N) is 1. The van der Waals surface area contributed by atoms with Gasteiger partial charge >= 0.3 is 11.8 Å². The maximum Gasteiger partial charge on any atom is 0.329 e. The third kappa shape index (κ3) is 7.70. The Morgan fingerprint density at radius 2 is 1.79 bits per heavy atom. The third-order valence-corrected chi connectivity index (χ3v) is 3.02. The van der Waals surface area contributed by atoms with Crippen LogP contribution in [-0.4, -0.2) is 41.7 Å². The molecule has 1 aromatic carbocycles. The number of aliphatic hydroxyl groups is 1. The van der Waals surface area contributed by atoms with Crippen LogP contribution in [0.1, 0.15) is 18.9 Å². The molecular weight excluding hydrogens is 336 g/mol. The molecule has 1 aromatic rings. The van der Waals surface area contributed by atoms with Crippen molar-refractivity contribution in [2.24, 2.45) is 5.10 Å². The number of rotatable bonds is 7. The third-order valence-electron chi connectivity index (χ3n) is 2.77. The molecule has 0 aliphatic heterocycles. The van der Waals surface area contributed by atoms with E-state index in [0.717, 1.165) is 5.56 Å². The van der Waals surface area contributed by atoms with E-state index in [-0.39, 0.29) is 25.5 Å². The van der Waals surface area contributed by atoms with Gasteiger partial charge in [0.2, 0.25) is 5.91 Å². The van der Waals surface area contributed by atoms with Gasteiger partial charge in [0.1, 0.15) is 0 Å². The number of hydrazone groups is 1. The Labute approximate surface area is 144 Å². The SMILES string of the molecule is C/C(CC(=O)NCc1ccc(Cl)cc1)=N\NC(=O)C(=O)NCCO. The van der Waals surface area contributed by atoms with E-state index in [9.17, 15) is 14.4 Å². The van der Waals surface area contributed by atoms with Crippen LogP contribution >= 0.6 is 11.6 Å². The molecule has 0 aromatic heterocycles. The van der Waals surface area contributed by atoms with Gasteiger partial charge in [-0.2, -0.15) is 5.10 Å². The first-order valence-corrected chi connectivity index (χ1v) is 7.53. The minimum absolute atomic E-state index is 0.0217. The summed E-state index contributed by atoms with van der Waals surface area (Å²) in [4.78, 5) is 34.4. The van der Waals surface area contributed by atoms with Crippen molar-refractivity contribution in [2.75, 3.05) is 13.2 Å². The topological polar surface area (TPSA) is 120 Å². The van der Waals surface area contributed by atoms with Crippen molar-refractivity contribution in [3.05, 3.63) is 34.9 Å². The van der Waals surface area contributed by atoms with Crippen molar-refractivity contribution < 1.29 is 19.5 Å². The number of aliphatic hydroxyl groups excluding tert-OH is 1. The Bertz CT molecular complexity index is 616. The summed E-state index contributed by atoms with van der Waals surface area (Å²) in [5.74, 6) is -2.15. The summed E-state index contributed by atoms with van der Waals surface area (Å²) >= 11 is 5.78. The van der Waals surface area contributed by atoms with Crippen LogP contribution in [0.3, 0.4) is 0 Å². The minimum Gasteiger partial charge on any atom is -0.395 e. The van der Waals surface area contributed by atoms with Gasteiger partial charge < -0.3 is 15.7 Å². The Balaban J connectivity index is 2.35. The summed E-state index contributed by atoms with van der Waals surface area (Å²) < 4.78 is 0. The zero-order chi connectivity index (χ0) is 17.9. The van der Waals surface area contributed by atoms with Gasteiger partial charge in [-0.3, -0.25) is 14.4 Å². The van der Waals surface area contributed by atoms with Crippen molar-refractivity contribution in [3.63, 3.8) is 0 Å². The van der Waals surface area contributed by atoms with Gasteiger partial charge in [0.15, 0.2) is 0 Å². The molecule has 0 radical (unpaired) electrons. The average molecular weight is 355 g/mol. The number of hydrogen-bond donors (Lipinski definition) is 4. The second-order valence-electron chi connectivity index (χ2n) is 4.85. The van der Waals surface area contributed by atoms with Crippen LogP contribution in [0.2, 0.25) is 5.02 Å². The molecule has 3 amide bonds. The molecule has 24 heavy (non-hydrogen) atoms. The van der Waals surface area contributed by atoms with Gasteiger partial charge in [-0.15, -0.1) is 0 Å². The number of benzene rings is 1. The molecule has 0 saturated heterocycles. The molecule has 0 aliphatic rings. The zero-order valence-corrected chi connectivity index (χ0v) is 13.9. The molecule has 0 atom stereocenters. The number of hydrogen-bond acceptors (Lipinski definition) is 5. The molecule has 4 N–H and O–H groups in total. The molecule has 0 bridgehead atoms. The zero-order valence-electron chi connectivity index (χ0n) is 13.1. The number of nitrogens with one attached hydrogen (secondary N) is 3. The molecule has 9 heteroatoms. The van der Waals surface area contributed by atoms with Crippen LogP contribution in [0.5, 0.6) is 0 Å². The standard InChI is InChI=1S/C15H19ClN4O4/c1-10(19-20-15(24)14(23)17-6-7-21)8-13(22)18-9-11-2-4-12(16)5-3-11/h2-5,21H,6-9H2,1H3,(H,17,23)(H,18,22)(H,20,24)/b19-10+. The molecule has 0 saturated carbocycles. The molecular formula is C15H19ClN4O4. The van der Waals surface area contributed by atoms with E-state index in [4.69, 9.17) is 16.7 Å².